The Morgan fingerprint density at radius 1 is 1.53 bits per heavy atom. The number of thiophene rings is 1. The SMILES string of the molecule is CCc1nc(C(=O)NC(C)c2cc(C)sc2C)n[nH]1. The minimum absolute atomic E-state index is 0.0407. The van der Waals surface area contributed by atoms with Crippen molar-refractivity contribution < 1.29 is 4.79 Å². The van der Waals surface area contributed by atoms with Crippen LogP contribution in [0.3, 0.4) is 0 Å². The van der Waals surface area contributed by atoms with Crippen LogP contribution in [0, 0.1) is 13.8 Å². The number of carbonyl (C=O) groups excluding carboxylic acids is 1. The molecule has 5 nitrogen and oxygen atoms in total. The average Bonchev–Trinajstić information content (AvgIpc) is 2.95. The topological polar surface area (TPSA) is 70.7 Å². The van der Waals surface area contributed by atoms with Gasteiger partial charge < -0.3 is 5.32 Å². The molecule has 2 N–H and O–H groups in total. The lowest BCUT2D eigenvalue weighted by Gasteiger charge is -2.12. The third-order valence-corrected chi connectivity index (χ3v) is 3.94. The molecule has 2 rings (SSSR count). The van der Waals surface area contributed by atoms with E-state index in [1.807, 2.05) is 13.8 Å². The van der Waals surface area contributed by atoms with Crippen LogP contribution in [0.4, 0.5) is 0 Å². The number of carbonyl (C=O) groups is 1. The second kappa shape index (κ2) is 5.52. The lowest BCUT2D eigenvalue weighted by molar-refractivity contribution is 0.0929. The van der Waals surface area contributed by atoms with Gasteiger partial charge in [-0.1, -0.05) is 6.92 Å². The number of nitrogens with zero attached hydrogens (tertiary/aromatic N) is 2. The Balaban J connectivity index is 2.08. The molecule has 0 spiro atoms. The molecule has 0 aliphatic rings. The molecule has 0 saturated heterocycles. The number of aryl methyl sites for hydroxylation is 3. The van der Waals surface area contributed by atoms with Crippen LogP contribution in [0.2, 0.25) is 0 Å². The molecule has 0 aromatic carbocycles. The highest BCUT2D eigenvalue weighted by Crippen LogP contribution is 2.26. The third-order valence-electron chi connectivity index (χ3n) is 2.96. The number of amides is 1. The van der Waals surface area contributed by atoms with E-state index in [2.05, 4.69) is 40.4 Å². The fourth-order valence-electron chi connectivity index (χ4n) is 1.97. The number of hydrogen-bond acceptors (Lipinski definition) is 4. The van der Waals surface area contributed by atoms with Crippen molar-refractivity contribution in [2.45, 2.75) is 40.2 Å². The van der Waals surface area contributed by atoms with Crippen LogP contribution in [0.25, 0.3) is 0 Å². The number of aromatic amines is 1. The van der Waals surface area contributed by atoms with E-state index >= 15 is 0 Å². The molecule has 0 aliphatic heterocycles. The van der Waals surface area contributed by atoms with Gasteiger partial charge in [-0.2, -0.15) is 0 Å². The summed E-state index contributed by atoms with van der Waals surface area (Å²) in [7, 11) is 0. The summed E-state index contributed by atoms with van der Waals surface area (Å²) in [5.74, 6) is 0.681. The van der Waals surface area contributed by atoms with Crippen LogP contribution in [0.15, 0.2) is 6.07 Å². The molecule has 0 aliphatic carbocycles. The minimum atomic E-state index is -0.244. The van der Waals surface area contributed by atoms with E-state index < -0.39 is 0 Å². The monoisotopic (exact) mass is 278 g/mol. The van der Waals surface area contributed by atoms with Crippen molar-refractivity contribution in [3.05, 3.63) is 33.0 Å². The first-order valence-corrected chi connectivity index (χ1v) is 7.12. The first-order valence-electron chi connectivity index (χ1n) is 6.30. The molecule has 102 valence electrons. The Bertz CT molecular complexity index is 587. The third kappa shape index (κ3) is 3.01. The van der Waals surface area contributed by atoms with Gasteiger partial charge in [-0.3, -0.25) is 9.89 Å². The molecule has 2 aromatic heterocycles. The number of H-pyrrole nitrogens is 1. The van der Waals surface area contributed by atoms with Crippen molar-refractivity contribution in [1.29, 1.82) is 0 Å². The second-order valence-electron chi connectivity index (χ2n) is 4.52. The number of rotatable bonds is 4. The van der Waals surface area contributed by atoms with E-state index in [-0.39, 0.29) is 17.8 Å². The number of aromatic nitrogens is 3. The van der Waals surface area contributed by atoms with Gasteiger partial charge in [-0.15, -0.1) is 16.4 Å². The summed E-state index contributed by atoms with van der Waals surface area (Å²) < 4.78 is 0. The van der Waals surface area contributed by atoms with Crippen molar-refractivity contribution >= 4 is 17.2 Å². The normalized spacial score (nSPS) is 12.4. The van der Waals surface area contributed by atoms with Crippen molar-refractivity contribution in [2.24, 2.45) is 0 Å². The quantitative estimate of drug-likeness (QED) is 0.903. The fourth-order valence-corrected chi connectivity index (χ4v) is 3.00. The summed E-state index contributed by atoms with van der Waals surface area (Å²) in [6.45, 7) is 8.07. The number of nitrogens with one attached hydrogen (secondary N) is 2. The van der Waals surface area contributed by atoms with Gasteiger partial charge in [0, 0.05) is 16.2 Å². The average molecular weight is 278 g/mol. The highest BCUT2D eigenvalue weighted by Gasteiger charge is 2.17. The smallest absolute Gasteiger partial charge is 0.291 e. The highest BCUT2D eigenvalue weighted by atomic mass is 32.1. The molecular weight excluding hydrogens is 260 g/mol. The summed E-state index contributed by atoms with van der Waals surface area (Å²) in [6, 6.07) is 2.07. The van der Waals surface area contributed by atoms with E-state index in [0.29, 0.717) is 0 Å². The predicted octanol–water partition coefficient (Wildman–Crippen LogP) is 2.54. The van der Waals surface area contributed by atoms with Crippen molar-refractivity contribution in [3.63, 3.8) is 0 Å². The zero-order chi connectivity index (χ0) is 14.0. The lowest BCUT2D eigenvalue weighted by Crippen LogP contribution is -2.27. The van der Waals surface area contributed by atoms with Crippen LogP contribution >= 0.6 is 11.3 Å². The Morgan fingerprint density at radius 2 is 2.26 bits per heavy atom. The van der Waals surface area contributed by atoms with E-state index in [1.54, 1.807) is 11.3 Å². The Labute approximate surface area is 116 Å². The molecule has 1 atom stereocenters. The van der Waals surface area contributed by atoms with Crippen LogP contribution in [0.5, 0.6) is 0 Å². The van der Waals surface area contributed by atoms with Crippen LogP contribution in [-0.2, 0) is 6.42 Å². The maximum absolute atomic E-state index is 12.0. The molecule has 0 saturated carbocycles. The zero-order valence-corrected chi connectivity index (χ0v) is 12.4. The molecule has 6 heteroatoms. The van der Waals surface area contributed by atoms with E-state index in [0.717, 1.165) is 17.8 Å². The van der Waals surface area contributed by atoms with Gasteiger partial charge in [0.25, 0.3) is 5.91 Å². The van der Waals surface area contributed by atoms with Gasteiger partial charge in [0.05, 0.1) is 6.04 Å². The van der Waals surface area contributed by atoms with E-state index in [4.69, 9.17) is 0 Å². The van der Waals surface area contributed by atoms with Crippen molar-refractivity contribution in [1.82, 2.24) is 20.5 Å². The Kier molecular flexibility index (Phi) is 3.99. The minimum Gasteiger partial charge on any atom is -0.343 e. The Morgan fingerprint density at radius 3 is 2.79 bits per heavy atom. The van der Waals surface area contributed by atoms with Crippen molar-refractivity contribution in [3.8, 4) is 0 Å². The van der Waals surface area contributed by atoms with Gasteiger partial charge in [0.2, 0.25) is 5.82 Å². The maximum Gasteiger partial charge on any atom is 0.291 e. The fraction of sp³-hybridized carbons (Fsp3) is 0.462. The summed E-state index contributed by atoms with van der Waals surface area (Å²) in [4.78, 5) is 18.6. The van der Waals surface area contributed by atoms with Gasteiger partial charge in [0.1, 0.15) is 5.82 Å². The lowest BCUT2D eigenvalue weighted by atomic mass is 10.1. The van der Waals surface area contributed by atoms with E-state index in [1.165, 1.54) is 9.75 Å². The first kappa shape index (κ1) is 13.7. The zero-order valence-electron chi connectivity index (χ0n) is 11.6. The largest absolute Gasteiger partial charge is 0.343 e. The molecule has 0 fully saturated rings. The summed E-state index contributed by atoms with van der Waals surface area (Å²) >= 11 is 1.74. The predicted molar refractivity (Wildman–Crippen MR) is 75.4 cm³/mol. The molecule has 1 unspecified atom stereocenters. The molecule has 2 heterocycles. The van der Waals surface area contributed by atoms with Crippen LogP contribution < -0.4 is 5.32 Å². The van der Waals surface area contributed by atoms with E-state index in [9.17, 15) is 4.79 Å². The second-order valence-corrected chi connectivity index (χ2v) is 5.98. The highest BCUT2D eigenvalue weighted by molar-refractivity contribution is 7.12. The summed E-state index contributed by atoms with van der Waals surface area (Å²) in [6.07, 6.45) is 0.735. The van der Waals surface area contributed by atoms with Gasteiger partial charge in [-0.25, -0.2) is 4.98 Å². The van der Waals surface area contributed by atoms with Crippen LogP contribution in [-0.4, -0.2) is 21.1 Å². The van der Waals surface area contributed by atoms with Gasteiger partial charge >= 0.3 is 0 Å². The molecule has 2 aromatic rings. The maximum atomic E-state index is 12.0. The molecule has 0 radical (unpaired) electrons. The van der Waals surface area contributed by atoms with Gasteiger partial charge in [0.15, 0.2) is 0 Å². The summed E-state index contributed by atoms with van der Waals surface area (Å²) in [5, 5.41) is 9.59. The standard InChI is InChI=1S/C13H18N4OS/c1-5-11-15-12(17-16-11)13(18)14-8(3)10-6-7(2)19-9(10)4/h6,8H,5H2,1-4H3,(H,14,18)(H,15,16,17). The van der Waals surface area contributed by atoms with Crippen LogP contribution in [0.1, 0.15) is 51.7 Å². The number of hydrogen-bond donors (Lipinski definition) is 2. The molecule has 0 bridgehead atoms. The molecular formula is C13H18N4OS. The summed E-state index contributed by atoms with van der Waals surface area (Å²) in [5.41, 5.74) is 1.15. The molecule has 1 amide bonds. The Hall–Kier alpha value is -1.69. The van der Waals surface area contributed by atoms with Gasteiger partial charge in [-0.05, 0) is 32.4 Å². The first-order chi connectivity index (χ1) is 9.01. The molecule has 19 heavy (non-hydrogen) atoms. The van der Waals surface area contributed by atoms with Crippen molar-refractivity contribution in [2.75, 3.05) is 0 Å².